The lowest BCUT2D eigenvalue weighted by atomic mass is 9.89. The number of aromatic hydroxyl groups is 1. The van der Waals surface area contributed by atoms with Gasteiger partial charge in [-0.3, -0.25) is 4.90 Å². The molecule has 1 aromatic carbocycles. The first-order valence-electron chi connectivity index (χ1n) is 7.80. The van der Waals surface area contributed by atoms with Crippen LogP contribution < -0.4 is 5.32 Å². The molecule has 1 aliphatic carbocycles. The highest BCUT2D eigenvalue weighted by atomic mass is 79.9. The molecule has 0 radical (unpaired) electrons. The van der Waals surface area contributed by atoms with Crippen LogP contribution in [-0.4, -0.2) is 36.2 Å². The minimum Gasteiger partial charge on any atom is -0.505 e. The van der Waals surface area contributed by atoms with Crippen LogP contribution in [-0.2, 0) is 0 Å². The van der Waals surface area contributed by atoms with Gasteiger partial charge in [0.1, 0.15) is 0 Å². The first-order valence-corrected chi connectivity index (χ1v) is 8.59. The zero-order valence-corrected chi connectivity index (χ0v) is 16.2. The molecule has 1 heterocycles. The summed E-state index contributed by atoms with van der Waals surface area (Å²) in [6.07, 6.45) is 4.83. The highest BCUT2D eigenvalue weighted by Gasteiger charge is 2.34. The second kappa shape index (κ2) is 9.42. The Morgan fingerprint density at radius 1 is 1.17 bits per heavy atom. The van der Waals surface area contributed by atoms with Crippen LogP contribution in [0.25, 0.3) is 0 Å². The van der Waals surface area contributed by atoms with Gasteiger partial charge in [0.25, 0.3) is 0 Å². The zero-order chi connectivity index (χ0) is 14.8. The molecule has 0 spiro atoms. The van der Waals surface area contributed by atoms with E-state index in [1.807, 2.05) is 6.07 Å². The molecule has 7 heteroatoms. The Morgan fingerprint density at radius 2 is 1.78 bits per heavy atom. The minimum atomic E-state index is -0.536. The summed E-state index contributed by atoms with van der Waals surface area (Å²) in [5, 5.41) is 13.7. The van der Waals surface area contributed by atoms with Gasteiger partial charge in [-0.05, 0) is 40.8 Å². The van der Waals surface area contributed by atoms with Crippen LogP contribution in [0.15, 0.2) is 16.6 Å². The Labute approximate surface area is 158 Å². The lowest BCUT2D eigenvalue weighted by Crippen LogP contribution is -2.46. The Kier molecular flexibility index (Phi) is 8.59. The summed E-state index contributed by atoms with van der Waals surface area (Å²) >= 11 is 3.15. The number of piperazine rings is 1. The lowest BCUT2D eigenvalue weighted by Gasteiger charge is -2.39. The van der Waals surface area contributed by atoms with Crippen molar-refractivity contribution in [1.29, 1.82) is 0 Å². The van der Waals surface area contributed by atoms with Crippen LogP contribution in [0.4, 0.5) is 4.39 Å². The minimum absolute atomic E-state index is 0. The quantitative estimate of drug-likeness (QED) is 0.752. The number of hydrogen-bond donors (Lipinski definition) is 2. The average Bonchev–Trinajstić information content (AvgIpc) is 3.03. The lowest BCUT2D eigenvalue weighted by molar-refractivity contribution is 0.122. The number of hydrogen-bond acceptors (Lipinski definition) is 3. The summed E-state index contributed by atoms with van der Waals surface area (Å²) in [6, 6.07) is 3.74. The molecule has 3 rings (SSSR count). The zero-order valence-electron chi connectivity index (χ0n) is 12.9. The van der Waals surface area contributed by atoms with E-state index in [4.69, 9.17) is 0 Å². The van der Waals surface area contributed by atoms with Crippen LogP contribution >= 0.6 is 40.7 Å². The topological polar surface area (TPSA) is 35.5 Å². The van der Waals surface area contributed by atoms with Gasteiger partial charge in [0.2, 0.25) is 0 Å². The van der Waals surface area contributed by atoms with Gasteiger partial charge in [0.05, 0.1) is 4.47 Å². The maximum absolute atomic E-state index is 14.1. The predicted octanol–water partition coefficient (Wildman–Crippen LogP) is 4.27. The first-order chi connectivity index (χ1) is 10.2. The largest absolute Gasteiger partial charge is 0.505 e. The van der Waals surface area contributed by atoms with Crippen molar-refractivity contribution >= 4 is 40.7 Å². The molecular formula is C16H24BrCl2FN2O. The van der Waals surface area contributed by atoms with Gasteiger partial charge in [-0.25, -0.2) is 4.39 Å². The predicted molar refractivity (Wildman–Crippen MR) is 99.4 cm³/mol. The average molecular weight is 430 g/mol. The molecule has 0 amide bonds. The Morgan fingerprint density at radius 3 is 2.39 bits per heavy atom. The third-order valence-electron chi connectivity index (χ3n) is 4.81. The van der Waals surface area contributed by atoms with E-state index in [0.717, 1.165) is 31.7 Å². The monoisotopic (exact) mass is 428 g/mol. The Balaban J connectivity index is 0.00000132. The van der Waals surface area contributed by atoms with Gasteiger partial charge in [-0.1, -0.05) is 18.9 Å². The standard InChI is InChI=1S/C16H22BrFN2O.2ClH/c17-13-6-5-12(16(21)14(13)18)15(11-3-1-2-4-11)20-9-7-19-8-10-20;;/h5-6,11,15,19,21H,1-4,7-10H2;2*1H/t15-;;/m1../s1. The van der Waals surface area contributed by atoms with Crippen LogP contribution in [0, 0.1) is 11.7 Å². The van der Waals surface area contributed by atoms with Crippen LogP contribution in [0.2, 0.25) is 0 Å². The third-order valence-corrected chi connectivity index (χ3v) is 5.42. The van der Waals surface area contributed by atoms with E-state index in [9.17, 15) is 9.50 Å². The van der Waals surface area contributed by atoms with Gasteiger partial charge < -0.3 is 10.4 Å². The van der Waals surface area contributed by atoms with E-state index in [1.54, 1.807) is 6.07 Å². The molecule has 3 nitrogen and oxygen atoms in total. The van der Waals surface area contributed by atoms with Crippen LogP contribution in [0.5, 0.6) is 5.75 Å². The van der Waals surface area contributed by atoms with E-state index in [1.165, 1.54) is 25.7 Å². The number of nitrogens with zero attached hydrogens (tertiary/aromatic N) is 1. The molecule has 1 saturated carbocycles. The molecule has 0 unspecified atom stereocenters. The van der Waals surface area contributed by atoms with Crippen molar-refractivity contribution in [3.05, 3.63) is 28.0 Å². The van der Waals surface area contributed by atoms with Crippen molar-refractivity contribution in [2.75, 3.05) is 26.2 Å². The molecule has 1 aromatic rings. The summed E-state index contributed by atoms with van der Waals surface area (Å²) in [6.45, 7) is 3.84. The van der Waals surface area contributed by atoms with Crippen LogP contribution in [0.1, 0.15) is 37.3 Å². The second-order valence-corrected chi connectivity index (χ2v) is 6.93. The molecule has 2 N–H and O–H groups in total. The molecule has 0 aromatic heterocycles. The van der Waals surface area contributed by atoms with E-state index in [-0.39, 0.29) is 36.6 Å². The van der Waals surface area contributed by atoms with E-state index in [2.05, 4.69) is 26.1 Å². The molecule has 1 aliphatic heterocycles. The maximum atomic E-state index is 14.1. The van der Waals surface area contributed by atoms with Crippen molar-refractivity contribution in [3.8, 4) is 5.75 Å². The van der Waals surface area contributed by atoms with Gasteiger partial charge in [-0.15, -0.1) is 24.8 Å². The van der Waals surface area contributed by atoms with E-state index < -0.39 is 5.82 Å². The SMILES string of the molecule is Cl.Cl.Oc1c([C@@H](C2CCCC2)N2CCNCC2)ccc(Br)c1F. The van der Waals surface area contributed by atoms with Gasteiger partial charge >= 0.3 is 0 Å². The van der Waals surface area contributed by atoms with Crippen molar-refractivity contribution < 1.29 is 9.50 Å². The highest BCUT2D eigenvalue weighted by molar-refractivity contribution is 9.10. The fraction of sp³-hybridized carbons (Fsp3) is 0.625. The van der Waals surface area contributed by atoms with Crippen molar-refractivity contribution in [2.45, 2.75) is 31.7 Å². The van der Waals surface area contributed by atoms with Crippen molar-refractivity contribution in [3.63, 3.8) is 0 Å². The molecule has 23 heavy (non-hydrogen) atoms. The molecule has 132 valence electrons. The molecule has 0 bridgehead atoms. The summed E-state index contributed by atoms with van der Waals surface area (Å²) in [7, 11) is 0. The van der Waals surface area contributed by atoms with Crippen molar-refractivity contribution in [2.24, 2.45) is 5.92 Å². The number of nitrogens with one attached hydrogen (secondary N) is 1. The molecule has 2 aliphatic rings. The van der Waals surface area contributed by atoms with E-state index in [0.29, 0.717) is 10.4 Å². The highest BCUT2D eigenvalue weighted by Crippen LogP contribution is 2.44. The number of phenols is 1. The molecule has 1 atom stereocenters. The maximum Gasteiger partial charge on any atom is 0.179 e. The van der Waals surface area contributed by atoms with Crippen LogP contribution in [0.3, 0.4) is 0 Å². The van der Waals surface area contributed by atoms with Gasteiger partial charge in [-0.2, -0.15) is 0 Å². The number of rotatable bonds is 3. The second-order valence-electron chi connectivity index (χ2n) is 6.07. The number of halogens is 4. The normalized spacial score (nSPS) is 20.6. The molecule has 1 saturated heterocycles. The summed E-state index contributed by atoms with van der Waals surface area (Å²) in [4.78, 5) is 2.41. The molecular weight excluding hydrogens is 406 g/mol. The van der Waals surface area contributed by atoms with Crippen molar-refractivity contribution in [1.82, 2.24) is 10.2 Å². The fourth-order valence-corrected chi connectivity index (χ4v) is 4.10. The Bertz CT molecular complexity index is 509. The van der Waals surface area contributed by atoms with Gasteiger partial charge in [0.15, 0.2) is 11.6 Å². The number of benzene rings is 1. The smallest absolute Gasteiger partial charge is 0.179 e. The molecule has 2 fully saturated rings. The fourth-order valence-electron chi connectivity index (χ4n) is 3.78. The third kappa shape index (κ3) is 4.51. The van der Waals surface area contributed by atoms with Gasteiger partial charge in [0, 0.05) is 37.8 Å². The first kappa shape index (κ1) is 21.0. The summed E-state index contributed by atoms with van der Waals surface area (Å²) < 4.78 is 14.4. The van der Waals surface area contributed by atoms with E-state index >= 15 is 0 Å². The number of phenolic OH excluding ortho intramolecular Hbond substituents is 1. The summed E-state index contributed by atoms with van der Waals surface area (Å²) in [5.41, 5.74) is 0.754. The Hall–Kier alpha value is -0.0700. The summed E-state index contributed by atoms with van der Waals surface area (Å²) in [5.74, 6) is -0.194.